The molecule has 28 heavy (non-hydrogen) atoms. The van der Waals surface area contributed by atoms with Crippen LogP contribution >= 0.6 is 0 Å². The predicted octanol–water partition coefficient (Wildman–Crippen LogP) is 3.55. The van der Waals surface area contributed by atoms with E-state index >= 15 is 0 Å². The van der Waals surface area contributed by atoms with Gasteiger partial charge in [-0.25, -0.2) is 4.79 Å². The molecule has 0 unspecified atom stereocenters. The summed E-state index contributed by atoms with van der Waals surface area (Å²) in [5, 5.41) is 2.85. The number of carbonyl (C=O) groups is 2. The standard InChI is InChI=1S/C22H31N3O3/c1-22(2,3)28-21(27)23-17-14-24(12-15-8-9-15)18-6-4-5-7-19(18)25(20(17)26)13-16-10-11-16/h4-7,15-17H,8-14H2,1-3H3,(H,23,27)/t17-/m0/s1. The first-order chi connectivity index (χ1) is 13.3. The van der Waals surface area contributed by atoms with Crippen LogP contribution in [0.1, 0.15) is 46.5 Å². The molecule has 2 fully saturated rings. The van der Waals surface area contributed by atoms with Crippen molar-refractivity contribution >= 4 is 23.4 Å². The molecule has 1 aromatic carbocycles. The van der Waals surface area contributed by atoms with Crippen LogP contribution in [0, 0.1) is 11.8 Å². The van der Waals surface area contributed by atoms with Crippen molar-refractivity contribution in [1.82, 2.24) is 5.32 Å². The maximum absolute atomic E-state index is 13.4. The number of anilines is 2. The number of para-hydroxylation sites is 2. The van der Waals surface area contributed by atoms with E-state index in [2.05, 4.69) is 16.3 Å². The number of carbonyl (C=O) groups excluding carboxylic acids is 2. The van der Waals surface area contributed by atoms with Crippen LogP contribution in [-0.4, -0.2) is 43.3 Å². The summed E-state index contributed by atoms with van der Waals surface area (Å²) >= 11 is 0. The highest BCUT2D eigenvalue weighted by atomic mass is 16.6. The molecule has 0 bridgehead atoms. The number of nitrogens with zero attached hydrogens (tertiary/aromatic N) is 2. The van der Waals surface area contributed by atoms with Crippen LogP contribution in [0.3, 0.4) is 0 Å². The van der Waals surface area contributed by atoms with E-state index in [-0.39, 0.29) is 5.91 Å². The summed E-state index contributed by atoms with van der Waals surface area (Å²) in [6.45, 7) is 7.61. The normalized spacial score (nSPS) is 22.5. The Morgan fingerprint density at radius 3 is 2.29 bits per heavy atom. The molecule has 4 rings (SSSR count). The predicted molar refractivity (Wildman–Crippen MR) is 110 cm³/mol. The third-order valence-electron chi connectivity index (χ3n) is 5.48. The summed E-state index contributed by atoms with van der Waals surface area (Å²) in [5.74, 6) is 1.21. The molecule has 0 spiro atoms. The summed E-state index contributed by atoms with van der Waals surface area (Å²) in [6.07, 6.45) is 4.28. The van der Waals surface area contributed by atoms with Crippen LogP contribution in [0.5, 0.6) is 0 Å². The number of hydrogen-bond acceptors (Lipinski definition) is 4. The molecule has 2 saturated carbocycles. The molecule has 2 amide bonds. The Morgan fingerprint density at radius 2 is 1.68 bits per heavy atom. The van der Waals surface area contributed by atoms with Gasteiger partial charge in [0, 0.05) is 19.6 Å². The number of hydrogen-bond donors (Lipinski definition) is 1. The van der Waals surface area contributed by atoms with Gasteiger partial charge in [-0.3, -0.25) is 4.79 Å². The van der Waals surface area contributed by atoms with Crippen molar-refractivity contribution in [3.05, 3.63) is 24.3 Å². The van der Waals surface area contributed by atoms with Crippen LogP contribution in [0.4, 0.5) is 16.2 Å². The molecular formula is C22H31N3O3. The maximum atomic E-state index is 13.4. The molecule has 1 heterocycles. The van der Waals surface area contributed by atoms with Crippen molar-refractivity contribution in [1.29, 1.82) is 0 Å². The molecule has 1 aliphatic heterocycles. The Bertz CT molecular complexity index is 750. The van der Waals surface area contributed by atoms with Gasteiger partial charge >= 0.3 is 6.09 Å². The molecule has 3 aliphatic rings. The third kappa shape index (κ3) is 4.59. The van der Waals surface area contributed by atoms with Gasteiger partial charge in [-0.2, -0.15) is 0 Å². The molecule has 0 saturated heterocycles. The lowest BCUT2D eigenvalue weighted by molar-refractivity contribution is -0.120. The Morgan fingerprint density at radius 1 is 1.07 bits per heavy atom. The van der Waals surface area contributed by atoms with Gasteiger partial charge in [-0.05, 0) is 70.4 Å². The number of rotatable bonds is 5. The highest BCUT2D eigenvalue weighted by Crippen LogP contribution is 2.39. The van der Waals surface area contributed by atoms with Gasteiger partial charge in [-0.15, -0.1) is 0 Å². The van der Waals surface area contributed by atoms with Crippen LogP contribution in [0.15, 0.2) is 24.3 Å². The topological polar surface area (TPSA) is 61.9 Å². The zero-order valence-corrected chi connectivity index (χ0v) is 17.1. The van der Waals surface area contributed by atoms with Gasteiger partial charge < -0.3 is 19.9 Å². The molecule has 0 aromatic heterocycles. The van der Waals surface area contributed by atoms with E-state index in [1.807, 2.05) is 43.9 Å². The number of alkyl carbamates (subject to hydrolysis) is 1. The van der Waals surface area contributed by atoms with Gasteiger partial charge in [-0.1, -0.05) is 12.1 Å². The summed E-state index contributed by atoms with van der Waals surface area (Å²) < 4.78 is 5.42. The first kappa shape index (κ1) is 19.1. The van der Waals surface area contributed by atoms with Crippen molar-refractivity contribution in [2.24, 2.45) is 11.8 Å². The van der Waals surface area contributed by atoms with E-state index in [9.17, 15) is 9.59 Å². The van der Waals surface area contributed by atoms with Crippen LogP contribution in [0.2, 0.25) is 0 Å². The average Bonchev–Trinajstić information content (AvgIpc) is 3.50. The van der Waals surface area contributed by atoms with Gasteiger partial charge in [0.1, 0.15) is 11.6 Å². The Kier molecular flexibility index (Phi) is 4.98. The molecule has 6 heteroatoms. The molecule has 1 aromatic rings. The first-order valence-electron chi connectivity index (χ1n) is 10.4. The van der Waals surface area contributed by atoms with Crippen molar-refractivity contribution in [2.75, 3.05) is 29.4 Å². The number of ether oxygens (including phenoxy) is 1. The van der Waals surface area contributed by atoms with Crippen molar-refractivity contribution in [2.45, 2.75) is 58.1 Å². The second-order valence-electron chi connectivity index (χ2n) is 9.43. The van der Waals surface area contributed by atoms with Gasteiger partial charge in [0.05, 0.1) is 11.4 Å². The lowest BCUT2D eigenvalue weighted by atomic mass is 10.2. The first-order valence-corrected chi connectivity index (χ1v) is 10.4. The van der Waals surface area contributed by atoms with E-state index in [0.717, 1.165) is 24.5 Å². The maximum Gasteiger partial charge on any atom is 0.408 e. The second-order valence-corrected chi connectivity index (χ2v) is 9.43. The smallest absolute Gasteiger partial charge is 0.408 e. The molecule has 2 aliphatic carbocycles. The Hall–Kier alpha value is -2.24. The fourth-order valence-corrected chi connectivity index (χ4v) is 3.75. The van der Waals surface area contributed by atoms with Gasteiger partial charge in [0.15, 0.2) is 0 Å². The second kappa shape index (κ2) is 7.30. The fourth-order valence-electron chi connectivity index (χ4n) is 3.75. The summed E-state index contributed by atoms with van der Waals surface area (Å²) in [7, 11) is 0. The highest BCUT2D eigenvalue weighted by Gasteiger charge is 2.39. The van der Waals surface area contributed by atoms with Crippen molar-refractivity contribution in [3.8, 4) is 0 Å². The monoisotopic (exact) mass is 385 g/mol. The molecule has 1 atom stereocenters. The number of nitrogens with one attached hydrogen (secondary N) is 1. The minimum Gasteiger partial charge on any atom is -0.444 e. The van der Waals surface area contributed by atoms with E-state index in [4.69, 9.17) is 4.74 Å². The molecule has 0 radical (unpaired) electrons. The quantitative estimate of drug-likeness (QED) is 0.842. The zero-order chi connectivity index (χ0) is 19.9. The lowest BCUT2D eigenvalue weighted by Gasteiger charge is -2.27. The minimum atomic E-state index is -0.611. The van der Waals surface area contributed by atoms with E-state index < -0.39 is 17.7 Å². The van der Waals surface area contributed by atoms with E-state index in [0.29, 0.717) is 18.4 Å². The largest absolute Gasteiger partial charge is 0.444 e. The third-order valence-corrected chi connectivity index (χ3v) is 5.48. The SMILES string of the molecule is CC(C)(C)OC(=O)N[C@H]1CN(CC2CC2)c2ccccc2N(CC2CC2)C1=O. The molecule has 1 N–H and O–H groups in total. The number of benzene rings is 1. The Labute approximate surface area is 167 Å². The van der Waals surface area contributed by atoms with Crippen LogP contribution < -0.4 is 15.1 Å². The van der Waals surface area contributed by atoms with Gasteiger partial charge in [0.25, 0.3) is 5.91 Å². The highest BCUT2D eigenvalue weighted by molar-refractivity contribution is 6.03. The molecular weight excluding hydrogens is 354 g/mol. The zero-order valence-electron chi connectivity index (χ0n) is 17.1. The van der Waals surface area contributed by atoms with Gasteiger partial charge in [0.2, 0.25) is 0 Å². The van der Waals surface area contributed by atoms with Crippen LogP contribution in [-0.2, 0) is 9.53 Å². The molecule has 6 nitrogen and oxygen atoms in total. The number of amides is 2. The fraction of sp³-hybridized carbons (Fsp3) is 0.636. The van der Waals surface area contributed by atoms with Crippen molar-refractivity contribution in [3.63, 3.8) is 0 Å². The number of fused-ring (bicyclic) bond motifs is 1. The van der Waals surface area contributed by atoms with E-state index in [1.165, 1.54) is 25.7 Å². The minimum absolute atomic E-state index is 0.0384. The lowest BCUT2D eigenvalue weighted by Crippen LogP contribution is -2.53. The van der Waals surface area contributed by atoms with Crippen LogP contribution in [0.25, 0.3) is 0 Å². The summed E-state index contributed by atoms with van der Waals surface area (Å²) in [4.78, 5) is 30.0. The summed E-state index contributed by atoms with van der Waals surface area (Å²) in [6, 6.07) is 7.54. The van der Waals surface area contributed by atoms with E-state index in [1.54, 1.807) is 0 Å². The molecule has 152 valence electrons. The Balaban J connectivity index is 1.61. The average molecular weight is 386 g/mol. The van der Waals surface area contributed by atoms with Crippen molar-refractivity contribution < 1.29 is 14.3 Å². The summed E-state index contributed by atoms with van der Waals surface area (Å²) in [5.41, 5.74) is 1.47.